The van der Waals surface area contributed by atoms with Gasteiger partial charge in [0, 0.05) is 18.6 Å². The predicted molar refractivity (Wildman–Crippen MR) is 50.4 cm³/mol. The van der Waals surface area contributed by atoms with Crippen LogP contribution in [-0.2, 0) is 0 Å². The molecule has 2 aromatic heterocycles. The van der Waals surface area contributed by atoms with Crippen molar-refractivity contribution < 1.29 is 4.79 Å². The van der Waals surface area contributed by atoms with E-state index in [1.807, 2.05) is 24.5 Å². The van der Waals surface area contributed by atoms with Crippen molar-refractivity contribution in [2.24, 2.45) is 0 Å². The van der Waals surface area contributed by atoms with Crippen molar-refractivity contribution in [3.63, 3.8) is 0 Å². The maximum atomic E-state index is 9.94. The Morgan fingerprint density at radius 2 is 1.92 bits per heavy atom. The summed E-state index contributed by atoms with van der Waals surface area (Å²) in [7, 11) is 0. The number of aldehydes is 1. The fourth-order valence-electron chi connectivity index (χ4n) is 0.723. The minimum absolute atomic E-state index is 0.479. The van der Waals surface area contributed by atoms with Gasteiger partial charge in [-0.1, -0.05) is 6.07 Å². The highest BCUT2D eigenvalue weighted by Crippen LogP contribution is 1.85. The molecule has 13 heavy (non-hydrogen) atoms. The first-order chi connectivity index (χ1) is 6.43. The zero-order chi connectivity index (χ0) is 9.36. The Morgan fingerprint density at radius 3 is 2.23 bits per heavy atom. The standard InChI is InChI=1S/C6H5NO.C4H5N/c8-5-6-3-1-2-4-7-6;1-2-4-5-3-1/h1-5H;1-5H. The number of aromatic nitrogens is 2. The zero-order valence-corrected chi connectivity index (χ0v) is 7.05. The number of carbonyl (C=O) groups excluding carboxylic acids is 1. The first kappa shape index (κ1) is 9.19. The second kappa shape index (κ2) is 5.71. The van der Waals surface area contributed by atoms with E-state index in [0.717, 1.165) is 6.29 Å². The van der Waals surface area contributed by atoms with Gasteiger partial charge in [-0.05, 0) is 24.3 Å². The average molecular weight is 174 g/mol. The molecule has 2 rings (SSSR count). The van der Waals surface area contributed by atoms with Gasteiger partial charge in [0.2, 0.25) is 0 Å². The fourth-order valence-corrected chi connectivity index (χ4v) is 0.723. The van der Waals surface area contributed by atoms with Gasteiger partial charge in [0.25, 0.3) is 0 Å². The fraction of sp³-hybridized carbons (Fsp3) is 0. The summed E-state index contributed by atoms with van der Waals surface area (Å²) in [6.45, 7) is 0. The van der Waals surface area contributed by atoms with Crippen molar-refractivity contribution >= 4 is 6.29 Å². The van der Waals surface area contributed by atoms with Crippen LogP contribution in [0.2, 0.25) is 0 Å². The lowest BCUT2D eigenvalue weighted by Gasteiger charge is -1.81. The van der Waals surface area contributed by atoms with Crippen molar-refractivity contribution in [1.82, 2.24) is 9.97 Å². The van der Waals surface area contributed by atoms with Crippen LogP contribution < -0.4 is 0 Å². The molecule has 0 radical (unpaired) electrons. The van der Waals surface area contributed by atoms with Gasteiger partial charge in [-0.2, -0.15) is 0 Å². The molecule has 3 heteroatoms. The minimum Gasteiger partial charge on any atom is -0.368 e. The van der Waals surface area contributed by atoms with Crippen LogP contribution in [0.25, 0.3) is 0 Å². The van der Waals surface area contributed by atoms with Crippen LogP contribution in [0.4, 0.5) is 0 Å². The van der Waals surface area contributed by atoms with Crippen molar-refractivity contribution in [3.05, 3.63) is 54.6 Å². The first-order valence-corrected chi connectivity index (χ1v) is 3.87. The molecule has 0 atom stereocenters. The highest BCUT2D eigenvalue weighted by molar-refractivity contribution is 5.71. The Labute approximate surface area is 76.4 Å². The molecule has 0 saturated carbocycles. The summed E-state index contributed by atoms with van der Waals surface area (Å²) in [6.07, 6.45) is 6.06. The van der Waals surface area contributed by atoms with Gasteiger partial charge >= 0.3 is 0 Å². The molecule has 2 aromatic rings. The van der Waals surface area contributed by atoms with E-state index in [2.05, 4.69) is 9.97 Å². The summed E-state index contributed by atoms with van der Waals surface area (Å²) < 4.78 is 0. The topological polar surface area (TPSA) is 45.8 Å². The molecule has 0 spiro atoms. The quantitative estimate of drug-likeness (QED) is 0.671. The maximum absolute atomic E-state index is 9.94. The molecule has 0 aliphatic carbocycles. The maximum Gasteiger partial charge on any atom is 0.168 e. The third-order valence-electron chi connectivity index (χ3n) is 1.30. The number of pyridine rings is 1. The molecule has 2 heterocycles. The number of rotatable bonds is 1. The van der Waals surface area contributed by atoms with Gasteiger partial charge < -0.3 is 4.98 Å². The van der Waals surface area contributed by atoms with E-state index < -0.39 is 0 Å². The Balaban J connectivity index is 0.000000145. The van der Waals surface area contributed by atoms with Crippen molar-refractivity contribution in [2.75, 3.05) is 0 Å². The summed E-state index contributed by atoms with van der Waals surface area (Å²) in [5.41, 5.74) is 0.479. The van der Waals surface area contributed by atoms with Crippen LogP contribution in [0.5, 0.6) is 0 Å². The number of nitrogens with one attached hydrogen (secondary N) is 1. The molecule has 0 amide bonds. The van der Waals surface area contributed by atoms with Crippen molar-refractivity contribution in [3.8, 4) is 0 Å². The van der Waals surface area contributed by atoms with Crippen LogP contribution in [0.1, 0.15) is 10.5 Å². The summed E-state index contributed by atoms with van der Waals surface area (Å²) >= 11 is 0. The molecule has 0 fully saturated rings. The normalized spacial score (nSPS) is 8.31. The van der Waals surface area contributed by atoms with Gasteiger partial charge in [0.1, 0.15) is 5.69 Å². The number of aromatic amines is 1. The van der Waals surface area contributed by atoms with Crippen LogP contribution in [0.15, 0.2) is 48.9 Å². The Kier molecular flexibility index (Phi) is 4.04. The Hall–Kier alpha value is -1.90. The van der Waals surface area contributed by atoms with E-state index in [9.17, 15) is 4.79 Å². The number of hydrogen-bond acceptors (Lipinski definition) is 2. The molecule has 0 bridgehead atoms. The highest BCUT2D eigenvalue weighted by atomic mass is 16.1. The molecule has 0 saturated heterocycles. The third kappa shape index (κ3) is 3.86. The van der Waals surface area contributed by atoms with Gasteiger partial charge in [0.05, 0.1) is 0 Å². The smallest absolute Gasteiger partial charge is 0.168 e. The first-order valence-electron chi connectivity index (χ1n) is 3.87. The van der Waals surface area contributed by atoms with Crippen LogP contribution in [-0.4, -0.2) is 16.3 Å². The highest BCUT2D eigenvalue weighted by Gasteiger charge is 1.81. The van der Waals surface area contributed by atoms with Crippen LogP contribution in [0, 0.1) is 0 Å². The van der Waals surface area contributed by atoms with Gasteiger partial charge in [0.15, 0.2) is 6.29 Å². The van der Waals surface area contributed by atoms with E-state index in [1.54, 1.807) is 24.4 Å². The van der Waals surface area contributed by atoms with E-state index in [0.29, 0.717) is 5.69 Å². The Bertz CT molecular complexity index is 299. The van der Waals surface area contributed by atoms with E-state index in [-0.39, 0.29) is 0 Å². The summed E-state index contributed by atoms with van der Waals surface area (Å²) in [6, 6.07) is 9.09. The second-order valence-corrected chi connectivity index (χ2v) is 2.26. The van der Waals surface area contributed by atoms with Gasteiger partial charge in [-0.3, -0.25) is 9.78 Å². The molecular weight excluding hydrogens is 164 g/mol. The Morgan fingerprint density at radius 1 is 1.15 bits per heavy atom. The SMILES string of the molecule is O=Cc1ccccn1.c1cc[nH]c1. The number of nitrogens with zero attached hydrogens (tertiary/aromatic N) is 1. The monoisotopic (exact) mass is 174 g/mol. The van der Waals surface area contributed by atoms with Gasteiger partial charge in [-0.15, -0.1) is 0 Å². The predicted octanol–water partition coefficient (Wildman–Crippen LogP) is 1.91. The number of hydrogen-bond donors (Lipinski definition) is 1. The van der Waals surface area contributed by atoms with E-state index in [4.69, 9.17) is 0 Å². The molecule has 3 nitrogen and oxygen atoms in total. The lowest BCUT2D eigenvalue weighted by atomic mass is 10.4. The summed E-state index contributed by atoms with van der Waals surface area (Å²) in [4.78, 5) is 16.5. The molecular formula is C10H10N2O. The molecule has 0 aliphatic heterocycles. The summed E-state index contributed by atoms with van der Waals surface area (Å²) in [5, 5.41) is 0. The van der Waals surface area contributed by atoms with E-state index >= 15 is 0 Å². The lowest BCUT2D eigenvalue weighted by Crippen LogP contribution is -1.80. The summed E-state index contributed by atoms with van der Waals surface area (Å²) in [5.74, 6) is 0. The number of H-pyrrole nitrogens is 1. The van der Waals surface area contributed by atoms with E-state index in [1.165, 1.54) is 0 Å². The largest absolute Gasteiger partial charge is 0.368 e. The molecule has 0 aliphatic rings. The molecule has 66 valence electrons. The second-order valence-electron chi connectivity index (χ2n) is 2.26. The molecule has 1 N–H and O–H groups in total. The molecule has 0 aromatic carbocycles. The average Bonchev–Trinajstić information content (AvgIpc) is 2.77. The van der Waals surface area contributed by atoms with Crippen LogP contribution in [0.3, 0.4) is 0 Å². The zero-order valence-electron chi connectivity index (χ0n) is 7.05. The molecule has 0 unspecified atom stereocenters. The van der Waals surface area contributed by atoms with Crippen molar-refractivity contribution in [2.45, 2.75) is 0 Å². The third-order valence-corrected chi connectivity index (χ3v) is 1.30. The van der Waals surface area contributed by atoms with Crippen molar-refractivity contribution in [1.29, 1.82) is 0 Å². The van der Waals surface area contributed by atoms with Crippen LogP contribution >= 0.6 is 0 Å². The number of carbonyl (C=O) groups is 1. The van der Waals surface area contributed by atoms with Gasteiger partial charge in [-0.25, -0.2) is 0 Å². The lowest BCUT2D eigenvalue weighted by molar-refractivity contribution is 0.111. The minimum atomic E-state index is 0.479.